The number of ketones is 2. The number of carbonyl (C=O) groups excluding carboxylic acids is 3. The van der Waals surface area contributed by atoms with Gasteiger partial charge in [0.2, 0.25) is 11.9 Å². The number of hydrogen-bond acceptors (Lipinski definition) is 6. The smallest absolute Gasteiger partial charge is 0.235 e. The van der Waals surface area contributed by atoms with Crippen LogP contribution in [0.2, 0.25) is 0 Å². The molecule has 0 saturated carbocycles. The first kappa shape index (κ1) is 17.0. The highest BCUT2D eigenvalue weighted by Gasteiger charge is 2.13. The fourth-order valence-electron chi connectivity index (χ4n) is 2.31. The molecule has 128 valence electrons. The Bertz CT molecular complexity index is 902. The fraction of sp³-hybridized carbons (Fsp3) is 0.235. The second-order valence-electron chi connectivity index (χ2n) is 5.44. The summed E-state index contributed by atoms with van der Waals surface area (Å²) in [5.41, 5.74) is 0.626. The molecule has 0 aromatic carbocycles. The summed E-state index contributed by atoms with van der Waals surface area (Å²) in [6, 6.07) is 8.95. The van der Waals surface area contributed by atoms with E-state index in [1.165, 1.54) is 11.3 Å². The minimum Gasteiger partial charge on any atom is -0.300 e. The Hall–Kier alpha value is -2.87. The second kappa shape index (κ2) is 7.80. The first-order valence-electron chi connectivity index (χ1n) is 7.81. The minimum absolute atomic E-state index is 0.0391. The van der Waals surface area contributed by atoms with Crippen molar-refractivity contribution in [1.82, 2.24) is 14.6 Å². The van der Waals surface area contributed by atoms with E-state index in [2.05, 4.69) is 15.5 Å². The van der Waals surface area contributed by atoms with Gasteiger partial charge in [-0.3, -0.25) is 24.1 Å². The number of rotatable bonds is 8. The standard InChI is InChI=1S/C17H16N4O3S/c22-12(6-8-13(23)14-4-3-11-25-14)7-9-16(24)18-17-20-19-15-5-1-2-10-21(15)17/h1-5,10-11H,6-9H2,(H,18,20,24). The third-order valence-corrected chi connectivity index (χ3v) is 4.53. The molecule has 0 aliphatic heterocycles. The largest absolute Gasteiger partial charge is 0.300 e. The molecule has 0 bridgehead atoms. The zero-order valence-electron chi connectivity index (χ0n) is 13.3. The second-order valence-corrected chi connectivity index (χ2v) is 6.39. The number of aromatic nitrogens is 3. The molecule has 1 N–H and O–H groups in total. The molecule has 3 heterocycles. The van der Waals surface area contributed by atoms with E-state index >= 15 is 0 Å². The molecule has 0 aliphatic rings. The van der Waals surface area contributed by atoms with Crippen LogP contribution >= 0.6 is 11.3 Å². The lowest BCUT2D eigenvalue weighted by Gasteiger charge is -2.03. The van der Waals surface area contributed by atoms with Crippen molar-refractivity contribution in [2.75, 3.05) is 5.32 Å². The summed E-state index contributed by atoms with van der Waals surface area (Å²) in [6.07, 6.45) is 2.22. The molecule has 0 spiro atoms. The summed E-state index contributed by atoms with van der Waals surface area (Å²) in [6.45, 7) is 0. The Kier molecular flexibility index (Phi) is 5.30. The van der Waals surface area contributed by atoms with Crippen LogP contribution in [-0.2, 0) is 9.59 Å². The average molecular weight is 356 g/mol. The topological polar surface area (TPSA) is 93.4 Å². The number of fused-ring (bicyclic) bond motifs is 1. The number of Topliss-reactive ketones (excluding diaryl/α,β-unsaturated/α-hetero) is 2. The Balaban J connectivity index is 1.44. The lowest BCUT2D eigenvalue weighted by Crippen LogP contribution is -2.15. The van der Waals surface area contributed by atoms with Crippen LogP contribution in [0.25, 0.3) is 5.65 Å². The van der Waals surface area contributed by atoms with E-state index < -0.39 is 0 Å². The van der Waals surface area contributed by atoms with Gasteiger partial charge >= 0.3 is 0 Å². The van der Waals surface area contributed by atoms with Crippen molar-refractivity contribution in [3.05, 3.63) is 46.8 Å². The van der Waals surface area contributed by atoms with Crippen LogP contribution in [0.4, 0.5) is 5.95 Å². The maximum absolute atomic E-state index is 12.0. The van der Waals surface area contributed by atoms with Gasteiger partial charge in [-0.2, -0.15) is 0 Å². The average Bonchev–Trinajstić information content (AvgIpc) is 3.28. The van der Waals surface area contributed by atoms with Gasteiger partial charge in [0.05, 0.1) is 4.88 Å². The molecule has 7 nitrogen and oxygen atoms in total. The molecule has 3 aromatic rings. The van der Waals surface area contributed by atoms with Crippen LogP contribution in [0.3, 0.4) is 0 Å². The molecule has 0 atom stereocenters. The van der Waals surface area contributed by atoms with Crippen molar-refractivity contribution in [3.8, 4) is 0 Å². The van der Waals surface area contributed by atoms with Gasteiger partial charge < -0.3 is 0 Å². The molecule has 1 amide bonds. The zero-order valence-corrected chi connectivity index (χ0v) is 14.2. The SMILES string of the molecule is O=C(CCC(=O)Nc1nnc2ccccn12)CCC(=O)c1cccs1. The van der Waals surface area contributed by atoms with Crippen LogP contribution in [0, 0.1) is 0 Å². The molecule has 25 heavy (non-hydrogen) atoms. The maximum atomic E-state index is 12.0. The predicted molar refractivity (Wildman–Crippen MR) is 93.7 cm³/mol. The summed E-state index contributed by atoms with van der Waals surface area (Å²) < 4.78 is 1.65. The Morgan fingerprint density at radius 3 is 2.64 bits per heavy atom. The van der Waals surface area contributed by atoms with E-state index in [1.54, 1.807) is 34.9 Å². The van der Waals surface area contributed by atoms with Crippen LogP contribution in [0.15, 0.2) is 41.9 Å². The Morgan fingerprint density at radius 1 is 1.00 bits per heavy atom. The van der Waals surface area contributed by atoms with Crippen molar-refractivity contribution < 1.29 is 14.4 Å². The van der Waals surface area contributed by atoms with Crippen molar-refractivity contribution in [2.45, 2.75) is 25.7 Å². The number of anilines is 1. The highest BCUT2D eigenvalue weighted by molar-refractivity contribution is 7.12. The van der Waals surface area contributed by atoms with Crippen molar-refractivity contribution >= 4 is 40.4 Å². The number of amides is 1. The first-order chi connectivity index (χ1) is 12.1. The van der Waals surface area contributed by atoms with E-state index in [0.29, 0.717) is 16.5 Å². The number of pyridine rings is 1. The summed E-state index contributed by atoms with van der Waals surface area (Å²) in [5.74, 6) is -0.133. The van der Waals surface area contributed by atoms with Crippen LogP contribution in [0.1, 0.15) is 35.4 Å². The molecule has 0 radical (unpaired) electrons. The number of nitrogens with one attached hydrogen (secondary N) is 1. The summed E-state index contributed by atoms with van der Waals surface area (Å²) in [5, 5.41) is 12.3. The lowest BCUT2D eigenvalue weighted by molar-refractivity contribution is -0.122. The Morgan fingerprint density at radius 2 is 1.84 bits per heavy atom. The molecular weight excluding hydrogens is 340 g/mol. The highest BCUT2D eigenvalue weighted by atomic mass is 32.1. The fourth-order valence-corrected chi connectivity index (χ4v) is 3.00. The molecule has 8 heteroatoms. The summed E-state index contributed by atoms with van der Waals surface area (Å²) >= 11 is 1.36. The zero-order chi connectivity index (χ0) is 17.6. The number of nitrogens with zero attached hydrogens (tertiary/aromatic N) is 3. The van der Waals surface area contributed by atoms with Gasteiger partial charge in [-0.25, -0.2) is 0 Å². The van der Waals surface area contributed by atoms with Crippen molar-refractivity contribution in [3.63, 3.8) is 0 Å². The van der Waals surface area contributed by atoms with Gasteiger partial charge in [-0.15, -0.1) is 21.5 Å². The lowest BCUT2D eigenvalue weighted by atomic mass is 10.1. The predicted octanol–water partition coefficient (Wildman–Crippen LogP) is 2.74. The van der Waals surface area contributed by atoms with Gasteiger partial charge in [0, 0.05) is 31.9 Å². The molecule has 3 rings (SSSR count). The van der Waals surface area contributed by atoms with E-state index in [9.17, 15) is 14.4 Å². The van der Waals surface area contributed by atoms with Gasteiger partial charge in [0.15, 0.2) is 11.4 Å². The quantitative estimate of drug-likeness (QED) is 0.626. The number of carbonyl (C=O) groups is 3. The molecular formula is C17H16N4O3S. The minimum atomic E-state index is -0.309. The third-order valence-electron chi connectivity index (χ3n) is 3.62. The van der Waals surface area contributed by atoms with Crippen molar-refractivity contribution in [2.24, 2.45) is 0 Å². The van der Waals surface area contributed by atoms with E-state index in [4.69, 9.17) is 0 Å². The monoisotopic (exact) mass is 356 g/mol. The number of hydrogen-bond donors (Lipinski definition) is 1. The summed E-state index contributed by atoms with van der Waals surface area (Å²) in [4.78, 5) is 36.4. The van der Waals surface area contributed by atoms with Crippen molar-refractivity contribution in [1.29, 1.82) is 0 Å². The van der Waals surface area contributed by atoms with Gasteiger partial charge in [-0.1, -0.05) is 12.1 Å². The maximum Gasteiger partial charge on any atom is 0.235 e. The molecule has 3 aromatic heterocycles. The van der Waals surface area contributed by atoms with Gasteiger partial charge in [-0.05, 0) is 23.6 Å². The Labute approximate surface area is 147 Å². The van der Waals surface area contributed by atoms with E-state index in [1.807, 2.05) is 11.4 Å². The number of thiophene rings is 1. The molecule has 0 aliphatic carbocycles. The van der Waals surface area contributed by atoms with Crippen LogP contribution < -0.4 is 5.32 Å². The molecule has 0 fully saturated rings. The normalized spacial score (nSPS) is 10.7. The van der Waals surface area contributed by atoms with E-state index in [-0.39, 0.29) is 43.2 Å². The molecule has 0 unspecified atom stereocenters. The van der Waals surface area contributed by atoms with E-state index in [0.717, 1.165) is 0 Å². The summed E-state index contributed by atoms with van der Waals surface area (Å²) in [7, 11) is 0. The van der Waals surface area contributed by atoms with Gasteiger partial charge in [0.25, 0.3) is 0 Å². The molecule has 0 saturated heterocycles. The van der Waals surface area contributed by atoms with Crippen LogP contribution in [0.5, 0.6) is 0 Å². The van der Waals surface area contributed by atoms with Crippen LogP contribution in [-0.4, -0.2) is 32.1 Å². The van der Waals surface area contributed by atoms with Gasteiger partial charge in [0.1, 0.15) is 5.78 Å². The first-order valence-corrected chi connectivity index (χ1v) is 8.69. The third kappa shape index (κ3) is 4.36. The highest BCUT2D eigenvalue weighted by Crippen LogP contribution is 2.13.